The summed E-state index contributed by atoms with van der Waals surface area (Å²) in [6, 6.07) is 4.22. The summed E-state index contributed by atoms with van der Waals surface area (Å²) in [5, 5.41) is 10.3. The fraction of sp³-hybridized carbons (Fsp3) is 0.273. The van der Waals surface area contributed by atoms with Crippen LogP contribution < -0.4 is 15.8 Å². The van der Waals surface area contributed by atoms with Crippen LogP contribution in [0.3, 0.4) is 0 Å². The van der Waals surface area contributed by atoms with Gasteiger partial charge in [-0.15, -0.1) is 5.10 Å². The lowest BCUT2D eigenvalue weighted by Gasteiger charge is -2.04. The predicted molar refractivity (Wildman–Crippen MR) is 63.1 cm³/mol. The number of hydrogen-bond donors (Lipinski definition) is 2. The van der Waals surface area contributed by atoms with Gasteiger partial charge in [-0.1, -0.05) is 5.10 Å². The van der Waals surface area contributed by atoms with Gasteiger partial charge < -0.3 is 20.2 Å². The van der Waals surface area contributed by atoms with Crippen LogP contribution in [0.4, 0.5) is 16.1 Å². The van der Waals surface area contributed by atoms with Gasteiger partial charge in [-0.2, -0.15) is 0 Å². The van der Waals surface area contributed by atoms with Gasteiger partial charge in [0.2, 0.25) is 5.89 Å². The number of aromatic nitrogens is 2. The maximum absolute atomic E-state index is 13.4. The number of nitrogens with one attached hydrogen (secondary N) is 1. The van der Waals surface area contributed by atoms with Crippen molar-refractivity contribution < 1.29 is 13.5 Å². The molecule has 0 radical (unpaired) electrons. The van der Waals surface area contributed by atoms with Crippen molar-refractivity contribution in [2.45, 2.75) is 13.0 Å². The van der Waals surface area contributed by atoms with Gasteiger partial charge >= 0.3 is 6.01 Å². The molecule has 0 fully saturated rings. The molecule has 0 amide bonds. The van der Waals surface area contributed by atoms with E-state index in [1.807, 2.05) is 0 Å². The van der Waals surface area contributed by atoms with Gasteiger partial charge in [0.15, 0.2) is 11.6 Å². The second kappa shape index (κ2) is 5.01. The molecule has 6 nitrogen and oxygen atoms in total. The van der Waals surface area contributed by atoms with Crippen molar-refractivity contribution >= 4 is 11.7 Å². The molecule has 1 atom stereocenters. The molecule has 2 rings (SSSR count). The summed E-state index contributed by atoms with van der Waals surface area (Å²) in [4.78, 5) is 0. The Morgan fingerprint density at radius 3 is 2.78 bits per heavy atom. The van der Waals surface area contributed by atoms with E-state index in [0.717, 1.165) is 0 Å². The molecule has 0 bridgehead atoms. The maximum atomic E-state index is 13.4. The molecule has 18 heavy (non-hydrogen) atoms. The quantitative estimate of drug-likeness (QED) is 0.865. The highest BCUT2D eigenvalue weighted by Crippen LogP contribution is 2.23. The lowest BCUT2D eigenvalue weighted by atomic mass is 10.3. The molecule has 0 saturated heterocycles. The minimum absolute atomic E-state index is 0.159. The Labute approximate surface area is 103 Å². The molecular formula is C11H13FN4O2. The van der Waals surface area contributed by atoms with Gasteiger partial charge in [-0.05, 0) is 19.1 Å². The molecule has 7 heteroatoms. The summed E-state index contributed by atoms with van der Waals surface area (Å²) in [6.07, 6.45) is 0. The summed E-state index contributed by atoms with van der Waals surface area (Å²) >= 11 is 0. The van der Waals surface area contributed by atoms with Crippen LogP contribution in [0.2, 0.25) is 0 Å². The van der Waals surface area contributed by atoms with Crippen molar-refractivity contribution in [1.29, 1.82) is 0 Å². The molecular weight excluding hydrogens is 239 g/mol. The minimum Gasteiger partial charge on any atom is -0.494 e. The van der Waals surface area contributed by atoms with Crippen molar-refractivity contribution in [3.05, 3.63) is 29.9 Å². The lowest BCUT2D eigenvalue weighted by Crippen LogP contribution is -2.04. The predicted octanol–water partition coefficient (Wildman–Crippen LogP) is 1.98. The number of anilines is 2. The van der Waals surface area contributed by atoms with Crippen LogP contribution in [0, 0.1) is 5.82 Å². The first kappa shape index (κ1) is 12.3. The zero-order valence-corrected chi connectivity index (χ0v) is 9.98. The maximum Gasteiger partial charge on any atom is 0.320 e. The fourth-order valence-electron chi connectivity index (χ4n) is 1.34. The first-order valence-electron chi connectivity index (χ1n) is 5.29. The summed E-state index contributed by atoms with van der Waals surface area (Å²) in [5.41, 5.74) is 6.06. The van der Waals surface area contributed by atoms with Crippen molar-refractivity contribution in [2.24, 2.45) is 5.73 Å². The number of methoxy groups -OCH3 is 1. The molecule has 1 unspecified atom stereocenters. The number of nitrogens with two attached hydrogens (primary N) is 1. The van der Waals surface area contributed by atoms with E-state index < -0.39 is 5.82 Å². The molecule has 1 aromatic carbocycles. The number of halogens is 1. The second-order valence-corrected chi connectivity index (χ2v) is 3.71. The number of nitrogens with zero attached hydrogens (tertiary/aromatic N) is 2. The number of benzene rings is 1. The van der Waals surface area contributed by atoms with E-state index in [-0.39, 0.29) is 17.8 Å². The van der Waals surface area contributed by atoms with Crippen LogP contribution in [0.1, 0.15) is 18.9 Å². The van der Waals surface area contributed by atoms with Gasteiger partial charge in [0, 0.05) is 11.8 Å². The summed E-state index contributed by atoms with van der Waals surface area (Å²) in [6.45, 7) is 1.73. The monoisotopic (exact) mass is 252 g/mol. The molecule has 1 aromatic heterocycles. The van der Waals surface area contributed by atoms with Gasteiger partial charge in [0.25, 0.3) is 0 Å². The van der Waals surface area contributed by atoms with Gasteiger partial charge in [-0.25, -0.2) is 4.39 Å². The first-order valence-corrected chi connectivity index (χ1v) is 5.29. The average Bonchev–Trinajstić information content (AvgIpc) is 2.78. The van der Waals surface area contributed by atoms with Gasteiger partial charge in [0.05, 0.1) is 13.2 Å². The van der Waals surface area contributed by atoms with Crippen LogP contribution in [-0.4, -0.2) is 17.3 Å². The summed E-state index contributed by atoms with van der Waals surface area (Å²) < 4.78 is 23.5. The summed E-state index contributed by atoms with van der Waals surface area (Å²) in [7, 11) is 1.40. The Hall–Kier alpha value is -2.15. The molecule has 0 aliphatic heterocycles. The Morgan fingerprint density at radius 2 is 2.22 bits per heavy atom. The highest BCUT2D eigenvalue weighted by molar-refractivity contribution is 5.53. The van der Waals surface area contributed by atoms with Gasteiger partial charge in [0.1, 0.15) is 0 Å². The number of rotatable bonds is 4. The lowest BCUT2D eigenvalue weighted by molar-refractivity contribution is 0.386. The number of hydrogen-bond acceptors (Lipinski definition) is 6. The van der Waals surface area contributed by atoms with Crippen LogP contribution in [0.25, 0.3) is 0 Å². The molecule has 2 aromatic rings. The third-order valence-electron chi connectivity index (χ3n) is 2.23. The first-order chi connectivity index (χ1) is 8.60. The van der Waals surface area contributed by atoms with Crippen molar-refractivity contribution in [3.63, 3.8) is 0 Å². The minimum atomic E-state index is -0.477. The Balaban J connectivity index is 2.15. The van der Waals surface area contributed by atoms with E-state index in [2.05, 4.69) is 15.5 Å². The van der Waals surface area contributed by atoms with E-state index in [0.29, 0.717) is 11.6 Å². The van der Waals surface area contributed by atoms with E-state index >= 15 is 0 Å². The van der Waals surface area contributed by atoms with Gasteiger partial charge in [-0.3, -0.25) is 0 Å². The van der Waals surface area contributed by atoms with E-state index in [1.54, 1.807) is 13.0 Å². The topological polar surface area (TPSA) is 86.2 Å². The molecule has 0 aliphatic carbocycles. The highest BCUT2D eigenvalue weighted by atomic mass is 19.1. The third kappa shape index (κ3) is 2.57. The van der Waals surface area contributed by atoms with Crippen molar-refractivity contribution in [2.75, 3.05) is 12.4 Å². The smallest absolute Gasteiger partial charge is 0.320 e. The second-order valence-electron chi connectivity index (χ2n) is 3.71. The summed E-state index contributed by atoms with van der Waals surface area (Å²) in [5.74, 6) is 0.00302. The third-order valence-corrected chi connectivity index (χ3v) is 2.23. The molecule has 0 spiro atoms. The zero-order chi connectivity index (χ0) is 13.1. The molecule has 96 valence electrons. The largest absolute Gasteiger partial charge is 0.494 e. The standard InChI is InChI=1S/C11H13FN4O2/c1-6(13)10-15-16-11(18-10)14-7-3-4-9(17-2)8(12)5-7/h3-6H,13H2,1-2H3,(H,14,16). The van der Waals surface area contributed by atoms with Crippen molar-refractivity contribution in [1.82, 2.24) is 10.2 Å². The van der Waals surface area contributed by atoms with E-state index in [9.17, 15) is 4.39 Å². The Bertz CT molecular complexity index is 542. The number of ether oxygens (including phenoxy) is 1. The van der Waals surface area contributed by atoms with Crippen LogP contribution in [0.15, 0.2) is 22.6 Å². The molecule has 1 heterocycles. The average molecular weight is 252 g/mol. The van der Waals surface area contributed by atoms with E-state index in [4.69, 9.17) is 14.9 Å². The highest BCUT2D eigenvalue weighted by Gasteiger charge is 2.10. The molecule has 3 N–H and O–H groups in total. The molecule has 0 aliphatic rings. The zero-order valence-electron chi connectivity index (χ0n) is 9.98. The van der Waals surface area contributed by atoms with Crippen LogP contribution >= 0.6 is 0 Å². The Morgan fingerprint density at radius 1 is 1.44 bits per heavy atom. The fourth-order valence-corrected chi connectivity index (χ4v) is 1.34. The normalized spacial score (nSPS) is 12.2. The van der Waals surface area contributed by atoms with Crippen LogP contribution in [-0.2, 0) is 0 Å². The SMILES string of the molecule is COc1ccc(Nc2nnc(C(C)N)o2)cc1F. The van der Waals surface area contributed by atoms with Crippen LogP contribution in [0.5, 0.6) is 5.75 Å². The molecule has 0 saturated carbocycles. The van der Waals surface area contributed by atoms with Crippen molar-refractivity contribution in [3.8, 4) is 5.75 Å². The Kier molecular flexibility index (Phi) is 3.42. The van der Waals surface area contributed by atoms with E-state index in [1.165, 1.54) is 19.2 Å².